The van der Waals surface area contributed by atoms with Gasteiger partial charge >= 0.3 is 18.0 Å². The Balaban J connectivity index is 4.74. The van der Waals surface area contributed by atoms with Crippen LogP contribution in [-0.2, 0) is 9.37 Å². The van der Waals surface area contributed by atoms with Gasteiger partial charge in [0.2, 0.25) is 0 Å². The molecule has 0 saturated carbocycles. The molecule has 0 spiro atoms. The molecule has 0 aliphatic rings. The SMILES string of the molecule is OOOSCC(F)(C(F)(F)F)C(F)(F)F. The Hall–Kier alpha value is -0.260. The minimum absolute atomic E-state index is 0.673. The third-order valence-corrected chi connectivity index (χ3v) is 1.91. The highest BCUT2D eigenvalue weighted by molar-refractivity contribution is 7.94. The van der Waals surface area contributed by atoms with E-state index in [4.69, 9.17) is 5.26 Å². The largest absolute Gasteiger partial charge is 0.432 e. The van der Waals surface area contributed by atoms with Crippen molar-refractivity contribution in [2.45, 2.75) is 18.0 Å². The lowest BCUT2D eigenvalue weighted by atomic mass is 10.1. The van der Waals surface area contributed by atoms with Crippen molar-refractivity contribution in [2.75, 3.05) is 5.75 Å². The van der Waals surface area contributed by atoms with E-state index in [9.17, 15) is 30.7 Å². The van der Waals surface area contributed by atoms with Gasteiger partial charge in [0.25, 0.3) is 0 Å². The van der Waals surface area contributed by atoms with Crippen LogP contribution in [0, 0.1) is 0 Å². The molecule has 0 atom stereocenters. The fraction of sp³-hybridized carbons (Fsp3) is 1.00. The van der Waals surface area contributed by atoms with Crippen molar-refractivity contribution < 1.29 is 45.4 Å². The summed E-state index contributed by atoms with van der Waals surface area (Å²) in [5.41, 5.74) is -5.43. The molecule has 0 amide bonds. The van der Waals surface area contributed by atoms with Crippen LogP contribution in [0.15, 0.2) is 0 Å². The first kappa shape index (κ1) is 14.7. The van der Waals surface area contributed by atoms with Crippen LogP contribution in [0.1, 0.15) is 0 Å². The van der Waals surface area contributed by atoms with E-state index < -0.39 is 35.8 Å². The Morgan fingerprint density at radius 2 is 1.33 bits per heavy atom. The molecule has 15 heavy (non-hydrogen) atoms. The van der Waals surface area contributed by atoms with Gasteiger partial charge in [-0.3, -0.25) is 0 Å². The summed E-state index contributed by atoms with van der Waals surface area (Å²) in [4.78, 5) is 0. The average Bonchev–Trinajstić information content (AvgIpc) is 2.00. The van der Waals surface area contributed by atoms with Gasteiger partial charge in [-0.15, -0.1) is 4.33 Å². The van der Waals surface area contributed by atoms with Crippen LogP contribution >= 0.6 is 12.0 Å². The van der Waals surface area contributed by atoms with Crippen molar-refractivity contribution in [1.82, 2.24) is 0 Å². The first-order valence-corrected chi connectivity index (χ1v) is 3.89. The zero-order valence-corrected chi connectivity index (χ0v) is 7.34. The summed E-state index contributed by atoms with van der Waals surface area (Å²) >= 11 is -0.673. The Morgan fingerprint density at radius 3 is 1.60 bits per heavy atom. The first-order chi connectivity index (χ1) is 6.56. The zero-order valence-electron chi connectivity index (χ0n) is 6.52. The molecule has 11 heteroatoms. The van der Waals surface area contributed by atoms with E-state index in [1.807, 2.05) is 0 Å². The van der Waals surface area contributed by atoms with Gasteiger partial charge in [-0.2, -0.15) is 26.3 Å². The van der Waals surface area contributed by atoms with E-state index >= 15 is 0 Å². The van der Waals surface area contributed by atoms with Crippen LogP contribution in [0.25, 0.3) is 0 Å². The van der Waals surface area contributed by atoms with E-state index in [-0.39, 0.29) is 0 Å². The molecular formula is C4H3F7O3S. The average molecular weight is 264 g/mol. The van der Waals surface area contributed by atoms with Crippen LogP contribution in [-0.4, -0.2) is 29.0 Å². The summed E-state index contributed by atoms with van der Waals surface area (Å²) in [6, 6.07) is 0. The molecule has 0 fully saturated rings. The van der Waals surface area contributed by atoms with E-state index in [1.54, 1.807) is 0 Å². The van der Waals surface area contributed by atoms with Crippen molar-refractivity contribution in [3.05, 3.63) is 0 Å². The van der Waals surface area contributed by atoms with Crippen LogP contribution in [0.2, 0.25) is 0 Å². The number of alkyl halides is 7. The lowest BCUT2D eigenvalue weighted by molar-refractivity contribution is -0.432. The van der Waals surface area contributed by atoms with Gasteiger partial charge in [0.15, 0.2) is 0 Å². The van der Waals surface area contributed by atoms with Crippen LogP contribution in [0.5, 0.6) is 0 Å². The summed E-state index contributed by atoms with van der Waals surface area (Å²) in [6.45, 7) is 0. The minimum Gasteiger partial charge on any atom is -0.222 e. The molecule has 0 saturated heterocycles. The zero-order chi connectivity index (χ0) is 12.3. The number of rotatable bonds is 4. The van der Waals surface area contributed by atoms with Gasteiger partial charge < -0.3 is 0 Å². The van der Waals surface area contributed by atoms with Crippen molar-refractivity contribution in [3.8, 4) is 0 Å². The summed E-state index contributed by atoms with van der Waals surface area (Å²) in [5, 5.41) is 10.2. The Morgan fingerprint density at radius 1 is 0.933 bits per heavy atom. The fourth-order valence-electron chi connectivity index (χ4n) is 0.451. The summed E-state index contributed by atoms with van der Waals surface area (Å²) < 4.78 is 86.5. The van der Waals surface area contributed by atoms with Gasteiger partial charge in [-0.1, -0.05) is 5.04 Å². The fourth-order valence-corrected chi connectivity index (χ4v) is 1.03. The maximum atomic E-state index is 12.6. The van der Waals surface area contributed by atoms with Gasteiger partial charge in [0, 0.05) is 12.0 Å². The van der Waals surface area contributed by atoms with E-state index in [1.165, 1.54) is 0 Å². The molecule has 0 aromatic carbocycles. The topological polar surface area (TPSA) is 38.7 Å². The van der Waals surface area contributed by atoms with Crippen molar-refractivity contribution in [3.63, 3.8) is 0 Å². The lowest BCUT2D eigenvalue weighted by Crippen LogP contribution is -2.55. The first-order valence-electron chi connectivity index (χ1n) is 2.98. The molecule has 0 heterocycles. The van der Waals surface area contributed by atoms with Crippen molar-refractivity contribution >= 4 is 12.0 Å². The standard InChI is InChI=1S/C4H3F7O3S/c5-2(3(6,7)8,4(9,10)11)1-15-14-13-12/h12H,1H2. The molecule has 1 N–H and O–H groups in total. The minimum atomic E-state index is -6.14. The monoisotopic (exact) mass is 264 g/mol. The second-order valence-corrected chi connectivity index (χ2v) is 2.86. The van der Waals surface area contributed by atoms with Gasteiger partial charge in [-0.25, -0.2) is 9.65 Å². The summed E-state index contributed by atoms with van der Waals surface area (Å²) in [5.74, 6) is -2.15. The van der Waals surface area contributed by atoms with Crippen LogP contribution in [0.4, 0.5) is 30.7 Å². The maximum Gasteiger partial charge on any atom is 0.432 e. The molecule has 0 radical (unpaired) electrons. The summed E-state index contributed by atoms with van der Waals surface area (Å²) in [6.07, 6.45) is -12.3. The second kappa shape index (κ2) is 4.72. The molecule has 3 nitrogen and oxygen atoms in total. The molecule has 0 aliphatic carbocycles. The Bertz CT molecular complexity index is 187. The van der Waals surface area contributed by atoms with E-state index in [2.05, 4.69) is 9.37 Å². The quantitative estimate of drug-likeness (QED) is 0.278. The molecule has 0 rings (SSSR count). The number of hydrogen-bond acceptors (Lipinski definition) is 4. The summed E-state index contributed by atoms with van der Waals surface area (Å²) in [7, 11) is 0. The molecule has 0 aromatic heterocycles. The van der Waals surface area contributed by atoms with Gasteiger partial charge in [0.05, 0.1) is 5.75 Å². The van der Waals surface area contributed by atoms with E-state index in [0.717, 1.165) is 0 Å². The highest BCUT2D eigenvalue weighted by atomic mass is 32.2. The van der Waals surface area contributed by atoms with Gasteiger partial charge in [0.1, 0.15) is 0 Å². The molecule has 0 bridgehead atoms. The normalized spacial score (nSPS) is 14.4. The van der Waals surface area contributed by atoms with Crippen LogP contribution < -0.4 is 0 Å². The molecule has 0 unspecified atom stereocenters. The van der Waals surface area contributed by atoms with Crippen LogP contribution in [0.3, 0.4) is 0 Å². The van der Waals surface area contributed by atoms with Gasteiger partial charge in [-0.05, 0) is 0 Å². The Labute approximate surface area is 82.2 Å². The smallest absolute Gasteiger partial charge is 0.222 e. The predicted molar refractivity (Wildman–Crippen MR) is 33.2 cm³/mol. The third-order valence-electron chi connectivity index (χ3n) is 1.24. The van der Waals surface area contributed by atoms with E-state index in [0.29, 0.717) is 0 Å². The molecule has 0 aromatic rings. The number of hydrogen-bond donors (Lipinski definition) is 1. The highest BCUT2D eigenvalue weighted by Gasteiger charge is 2.72. The molecule has 0 aliphatic heterocycles. The lowest BCUT2D eigenvalue weighted by Gasteiger charge is -2.28. The maximum absolute atomic E-state index is 12.6. The predicted octanol–water partition coefficient (Wildman–Crippen LogP) is 2.89. The van der Waals surface area contributed by atoms with Crippen molar-refractivity contribution in [1.29, 1.82) is 0 Å². The second-order valence-electron chi connectivity index (χ2n) is 2.20. The molecule has 92 valence electrons. The Kier molecular flexibility index (Phi) is 4.64. The highest BCUT2D eigenvalue weighted by Crippen LogP contribution is 2.47. The molecular weight excluding hydrogens is 261 g/mol. The van der Waals surface area contributed by atoms with Crippen molar-refractivity contribution in [2.24, 2.45) is 0 Å². The number of halogens is 7. The third kappa shape index (κ3) is 3.36.